The maximum Gasteiger partial charge on any atom is 0.417 e. The van der Waals surface area contributed by atoms with Gasteiger partial charge in [-0.05, 0) is 74.1 Å². The molecule has 7 nitrogen and oxygen atoms in total. The second kappa shape index (κ2) is 9.25. The minimum absolute atomic E-state index is 0.0952. The summed E-state index contributed by atoms with van der Waals surface area (Å²) in [6, 6.07) is 9.44. The molecule has 0 saturated heterocycles. The van der Waals surface area contributed by atoms with E-state index in [4.69, 9.17) is 5.73 Å². The van der Waals surface area contributed by atoms with Crippen LogP contribution in [0.15, 0.2) is 48.9 Å². The fourth-order valence-corrected chi connectivity index (χ4v) is 4.65. The number of nitrogen functional groups attached to an aromatic ring is 1. The molecule has 0 radical (unpaired) electrons. The standard InChI is InChI=1S/C26H25F3N6O/c1-15-8-18-10-17(3-7-21(18)34-24(15)30)25(36)35(12-16-2-6-22-23(9-16)33-14-32-22)13-20-5-4-19(11-31-20)26(27,28)29/h3-5,7-8,10-11,14,16H,2,6,9,12-13H2,1H3,(H2,30,34)(H,32,33)/t16-/m0/s1. The number of halogens is 3. The number of hydrogen-bond acceptors (Lipinski definition) is 5. The number of amides is 1. The lowest BCUT2D eigenvalue weighted by Gasteiger charge is -2.29. The van der Waals surface area contributed by atoms with Gasteiger partial charge in [-0.15, -0.1) is 0 Å². The molecular weight excluding hydrogens is 469 g/mol. The number of benzene rings is 1. The summed E-state index contributed by atoms with van der Waals surface area (Å²) < 4.78 is 39.0. The van der Waals surface area contributed by atoms with Crippen LogP contribution >= 0.6 is 0 Å². The van der Waals surface area contributed by atoms with Crippen LogP contribution in [0.5, 0.6) is 0 Å². The van der Waals surface area contributed by atoms with E-state index in [1.165, 1.54) is 6.07 Å². The first-order chi connectivity index (χ1) is 17.2. The summed E-state index contributed by atoms with van der Waals surface area (Å²) in [5.74, 6) is 0.385. The lowest BCUT2D eigenvalue weighted by atomic mass is 9.89. The average molecular weight is 495 g/mol. The van der Waals surface area contributed by atoms with Crippen LogP contribution in [-0.4, -0.2) is 37.3 Å². The number of carbonyl (C=O) groups is 1. The number of fused-ring (bicyclic) bond motifs is 2. The van der Waals surface area contributed by atoms with Gasteiger partial charge < -0.3 is 15.6 Å². The zero-order valence-electron chi connectivity index (χ0n) is 19.6. The monoisotopic (exact) mass is 494 g/mol. The highest BCUT2D eigenvalue weighted by Crippen LogP contribution is 2.29. The fourth-order valence-electron chi connectivity index (χ4n) is 4.65. The Balaban J connectivity index is 1.43. The number of pyridine rings is 2. The summed E-state index contributed by atoms with van der Waals surface area (Å²) >= 11 is 0. The first-order valence-corrected chi connectivity index (χ1v) is 11.7. The topological polar surface area (TPSA) is 101 Å². The van der Waals surface area contributed by atoms with Crippen molar-refractivity contribution >= 4 is 22.6 Å². The van der Waals surface area contributed by atoms with Crippen molar-refractivity contribution in [1.29, 1.82) is 0 Å². The SMILES string of the molecule is Cc1cc2cc(C(=O)N(Cc3ccc(C(F)(F)F)cn3)C[C@H]3CCc4[nH]cnc4C3)ccc2nc1N. The molecule has 3 aromatic heterocycles. The third-order valence-electron chi connectivity index (χ3n) is 6.65. The van der Waals surface area contributed by atoms with Crippen molar-refractivity contribution in [3.63, 3.8) is 0 Å². The van der Waals surface area contributed by atoms with Crippen LogP contribution in [0.2, 0.25) is 0 Å². The van der Waals surface area contributed by atoms with E-state index in [9.17, 15) is 18.0 Å². The number of aromatic nitrogens is 4. The molecule has 186 valence electrons. The van der Waals surface area contributed by atoms with Crippen molar-refractivity contribution in [2.75, 3.05) is 12.3 Å². The van der Waals surface area contributed by atoms with E-state index in [1.807, 2.05) is 13.0 Å². The first-order valence-electron chi connectivity index (χ1n) is 11.7. The molecule has 0 saturated carbocycles. The largest absolute Gasteiger partial charge is 0.417 e. The van der Waals surface area contributed by atoms with Gasteiger partial charge in [-0.2, -0.15) is 13.2 Å². The molecule has 0 fully saturated rings. The van der Waals surface area contributed by atoms with Crippen molar-refractivity contribution in [2.24, 2.45) is 5.92 Å². The molecule has 1 atom stereocenters. The summed E-state index contributed by atoms with van der Waals surface area (Å²) in [6.07, 6.45) is 0.458. The molecule has 3 heterocycles. The van der Waals surface area contributed by atoms with Crippen molar-refractivity contribution in [3.8, 4) is 0 Å². The number of carbonyl (C=O) groups excluding carboxylic acids is 1. The Morgan fingerprint density at radius 1 is 1.19 bits per heavy atom. The van der Waals surface area contributed by atoms with E-state index in [0.29, 0.717) is 29.1 Å². The van der Waals surface area contributed by atoms with Gasteiger partial charge in [0.05, 0.1) is 35.3 Å². The van der Waals surface area contributed by atoms with Gasteiger partial charge in [0.2, 0.25) is 0 Å². The van der Waals surface area contributed by atoms with Gasteiger partial charge >= 0.3 is 6.18 Å². The molecule has 10 heteroatoms. The van der Waals surface area contributed by atoms with E-state index in [0.717, 1.165) is 53.9 Å². The number of rotatable bonds is 5. The van der Waals surface area contributed by atoms with E-state index in [1.54, 1.807) is 29.4 Å². The number of H-pyrrole nitrogens is 1. The van der Waals surface area contributed by atoms with Gasteiger partial charge in [-0.3, -0.25) is 9.78 Å². The maximum absolute atomic E-state index is 13.7. The number of alkyl halides is 3. The molecule has 3 N–H and O–H groups in total. The number of imidazole rings is 1. The Morgan fingerprint density at radius 3 is 2.78 bits per heavy atom. The van der Waals surface area contributed by atoms with Crippen LogP contribution in [-0.2, 0) is 25.6 Å². The second-order valence-corrected chi connectivity index (χ2v) is 9.26. The summed E-state index contributed by atoms with van der Waals surface area (Å²) in [7, 11) is 0. The highest BCUT2D eigenvalue weighted by Gasteiger charge is 2.31. The normalized spacial score (nSPS) is 15.6. The smallest absolute Gasteiger partial charge is 0.383 e. The van der Waals surface area contributed by atoms with Crippen LogP contribution in [0.3, 0.4) is 0 Å². The molecule has 5 rings (SSSR count). The Kier molecular flexibility index (Phi) is 6.11. The van der Waals surface area contributed by atoms with Crippen LogP contribution < -0.4 is 5.73 Å². The summed E-state index contributed by atoms with van der Waals surface area (Å²) in [5, 5.41) is 0.791. The zero-order chi connectivity index (χ0) is 25.4. The first kappa shape index (κ1) is 23.8. The summed E-state index contributed by atoms with van der Waals surface area (Å²) in [4.78, 5) is 31.3. The van der Waals surface area contributed by atoms with E-state index < -0.39 is 11.7 Å². The number of anilines is 1. The molecule has 1 aromatic carbocycles. The Bertz CT molecular complexity index is 1410. The number of hydrogen-bond donors (Lipinski definition) is 2. The third kappa shape index (κ3) is 4.89. The van der Waals surface area contributed by atoms with Crippen molar-refractivity contribution in [3.05, 3.63) is 82.7 Å². The molecule has 4 aromatic rings. The molecule has 1 amide bonds. The van der Waals surface area contributed by atoms with Gasteiger partial charge in [0.15, 0.2) is 0 Å². The number of aromatic amines is 1. The van der Waals surface area contributed by atoms with Crippen LogP contribution in [0, 0.1) is 12.8 Å². The predicted octanol–water partition coefficient (Wildman–Crippen LogP) is 4.71. The molecule has 0 spiro atoms. The molecule has 0 aliphatic heterocycles. The number of nitrogens with zero attached hydrogens (tertiary/aromatic N) is 4. The fraction of sp³-hybridized carbons (Fsp3) is 0.308. The van der Waals surface area contributed by atoms with Gasteiger partial charge in [0.25, 0.3) is 5.91 Å². The molecule has 1 aliphatic rings. The van der Waals surface area contributed by atoms with Gasteiger partial charge in [-0.25, -0.2) is 9.97 Å². The van der Waals surface area contributed by atoms with E-state index >= 15 is 0 Å². The van der Waals surface area contributed by atoms with Gasteiger partial charge in [-0.1, -0.05) is 0 Å². The zero-order valence-corrected chi connectivity index (χ0v) is 19.6. The van der Waals surface area contributed by atoms with E-state index in [-0.39, 0.29) is 18.4 Å². The van der Waals surface area contributed by atoms with Gasteiger partial charge in [0, 0.05) is 29.4 Å². The molecule has 0 bridgehead atoms. The highest BCUT2D eigenvalue weighted by molar-refractivity contribution is 5.98. The lowest BCUT2D eigenvalue weighted by molar-refractivity contribution is -0.137. The molecule has 1 aliphatic carbocycles. The number of nitrogens with two attached hydrogens (primary N) is 1. The molecular formula is C26H25F3N6O. The van der Waals surface area contributed by atoms with Gasteiger partial charge in [0.1, 0.15) is 5.82 Å². The number of nitrogens with one attached hydrogen (secondary N) is 1. The Morgan fingerprint density at radius 2 is 2.03 bits per heavy atom. The van der Waals surface area contributed by atoms with Crippen LogP contribution in [0.1, 0.15) is 45.0 Å². The Hall–Kier alpha value is -3.95. The van der Waals surface area contributed by atoms with Crippen LogP contribution in [0.25, 0.3) is 10.9 Å². The molecule has 0 unspecified atom stereocenters. The van der Waals surface area contributed by atoms with E-state index in [2.05, 4.69) is 19.9 Å². The minimum atomic E-state index is -4.47. The predicted molar refractivity (Wildman–Crippen MR) is 129 cm³/mol. The quantitative estimate of drug-likeness (QED) is 0.419. The number of aryl methyl sites for hydroxylation is 2. The Labute approximate surface area is 205 Å². The summed E-state index contributed by atoms with van der Waals surface area (Å²) in [6.45, 7) is 2.38. The minimum Gasteiger partial charge on any atom is -0.383 e. The van der Waals surface area contributed by atoms with Crippen molar-refractivity contribution in [2.45, 2.75) is 38.9 Å². The second-order valence-electron chi connectivity index (χ2n) is 9.26. The highest BCUT2D eigenvalue weighted by atomic mass is 19.4. The lowest BCUT2D eigenvalue weighted by Crippen LogP contribution is -2.37. The van der Waals surface area contributed by atoms with Crippen molar-refractivity contribution in [1.82, 2.24) is 24.8 Å². The average Bonchev–Trinajstić information content (AvgIpc) is 3.31. The molecule has 36 heavy (non-hydrogen) atoms. The van der Waals surface area contributed by atoms with Crippen molar-refractivity contribution < 1.29 is 18.0 Å². The maximum atomic E-state index is 13.7. The third-order valence-corrected chi connectivity index (χ3v) is 6.65. The summed E-state index contributed by atoms with van der Waals surface area (Å²) in [5.41, 5.74) is 9.56. The van der Waals surface area contributed by atoms with Crippen LogP contribution in [0.4, 0.5) is 19.0 Å².